The van der Waals surface area contributed by atoms with Gasteiger partial charge in [-0.1, -0.05) is 0 Å². The van der Waals surface area contributed by atoms with E-state index in [1.54, 1.807) is 21.9 Å². The Labute approximate surface area is 148 Å². The normalized spacial score (nSPS) is 16.8. The van der Waals surface area contributed by atoms with Gasteiger partial charge in [-0.25, -0.2) is 0 Å². The number of rotatable bonds is 7. The van der Waals surface area contributed by atoms with E-state index in [-0.39, 0.29) is 24.2 Å². The summed E-state index contributed by atoms with van der Waals surface area (Å²) in [4.78, 5) is 28.4. The van der Waals surface area contributed by atoms with Crippen LogP contribution in [-0.4, -0.2) is 57.7 Å². The van der Waals surface area contributed by atoms with Gasteiger partial charge in [-0.2, -0.15) is 0 Å². The van der Waals surface area contributed by atoms with Gasteiger partial charge in [0.25, 0.3) is 0 Å². The molecule has 0 N–H and O–H groups in total. The van der Waals surface area contributed by atoms with Crippen LogP contribution in [0.2, 0.25) is 0 Å². The number of ether oxygens (including phenoxy) is 3. The molecular weight excluding hydrogens is 324 g/mol. The Balaban J connectivity index is 2.30. The lowest BCUT2D eigenvalue weighted by Crippen LogP contribution is -2.37. The number of carbonyl (C=O) groups is 2. The Bertz CT molecular complexity index is 617. The zero-order valence-corrected chi connectivity index (χ0v) is 15.5. The summed E-state index contributed by atoms with van der Waals surface area (Å²) in [6, 6.07) is 3.45. The van der Waals surface area contributed by atoms with Crippen molar-refractivity contribution in [3.8, 4) is 17.2 Å². The molecule has 0 spiro atoms. The van der Waals surface area contributed by atoms with Crippen molar-refractivity contribution >= 4 is 17.5 Å². The van der Waals surface area contributed by atoms with Gasteiger partial charge in [-0.15, -0.1) is 0 Å². The van der Waals surface area contributed by atoms with E-state index in [9.17, 15) is 9.59 Å². The molecule has 1 aliphatic rings. The van der Waals surface area contributed by atoms with Gasteiger partial charge in [0.2, 0.25) is 17.6 Å². The molecule has 0 radical (unpaired) electrons. The van der Waals surface area contributed by atoms with Crippen molar-refractivity contribution < 1.29 is 23.8 Å². The summed E-state index contributed by atoms with van der Waals surface area (Å²) >= 11 is 0. The Kier molecular flexibility index (Phi) is 6.12. The van der Waals surface area contributed by atoms with Gasteiger partial charge in [0, 0.05) is 38.2 Å². The minimum atomic E-state index is -0.327. The molecule has 7 nitrogen and oxygen atoms in total. The number of nitrogens with zero attached hydrogens (tertiary/aromatic N) is 2. The molecule has 1 aromatic carbocycles. The maximum atomic E-state index is 12.6. The lowest BCUT2D eigenvalue weighted by molar-refractivity contribution is -0.135. The minimum Gasteiger partial charge on any atom is -0.493 e. The van der Waals surface area contributed by atoms with Crippen LogP contribution < -0.4 is 19.1 Å². The van der Waals surface area contributed by atoms with Gasteiger partial charge in [0.15, 0.2) is 11.5 Å². The first-order valence-corrected chi connectivity index (χ1v) is 8.39. The summed E-state index contributed by atoms with van der Waals surface area (Å²) in [6.07, 6.45) is 0.214. The Morgan fingerprint density at radius 3 is 2.12 bits per heavy atom. The number of carbonyl (C=O) groups excluding carboxylic acids is 2. The second kappa shape index (κ2) is 8.09. The third-order valence-corrected chi connectivity index (χ3v) is 4.51. The van der Waals surface area contributed by atoms with Gasteiger partial charge in [0.1, 0.15) is 0 Å². The highest BCUT2D eigenvalue weighted by atomic mass is 16.5. The quantitative estimate of drug-likeness (QED) is 0.752. The summed E-state index contributed by atoms with van der Waals surface area (Å²) in [6.45, 7) is 5.52. The molecule has 0 aromatic heterocycles. The second-order valence-corrected chi connectivity index (χ2v) is 5.80. The Morgan fingerprint density at radius 2 is 1.68 bits per heavy atom. The van der Waals surface area contributed by atoms with E-state index < -0.39 is 0 Å². The van der Waals surface area contributed by atoms with Crippen molar-refractivity contribution in [3.63, 3.8) is 0 Å². The maximum Gasteiger partial charge on any atom is 0.227 e. The van der Waals surface area contributed by atoms with Crippen LogP contribution in [0.15, 0.2) is 12.1 Å². The smallest absolute Gasteiger partial charge is 0.227 e. The van der Waals surface area contributed by atoms with E-state index in [0.29, 0.717) is 42.6 Å². The number of hydrogen-bond donors (Lipinski definition) is 0. The standard InChI is InChI=1S/C18H26N2O5/c1-6-19(7-2)18(22)12-8-16(21)20(11-12)13-9-14(23-3)17(25-5)15(10-13)24-4/h9-10,12H,6-8,11H2,1-5H3/t12-/m1/s1. The predicted molar refractivity (Wildman–Crippen MR) is 94.5 cm³/mol. The molecule has 1 heterocycles. The molecule has 7 heteroatoms. The van der Waals surface area contributed by atoms with Gasteiger partial charge >= 0.3 is 0 Å². The largest absolute Gasteiger partial charge is 0.493 e. The van der Waals surface area contributed by atoms with Crippen LogP contribution in [0.3, 0.4) is 0 Å². The molecule has 1 aliphatic heterocycles. The highest BCUT2D eigenvalue weighted by Gasteiger charge is 2.37. The van der Waals surface area contributed by atoms with E-state index in [2.05, 4.69) is 0 Å². The van der Waals surface area contributed by atoms with Crippen LogP contribution in [0.4, 0.5) is 5.69 Å². The fraction of sp³-hybridized carbons (Fsp3) is 0.556. The van der Waals surface area contributed by atoms with Gasteiger partial charge in [-0.3, -0.25) is 9.59 Å². The fourth-order valence-electron chi connectivity index (χ4n) is 3.14. The van der Waals surface area contributed by atoms with E-state index >= 15 is 0 Å². The van der Waals surface area contributed by atoms with E-state index in [1.165, 1.54) is 21.3 Å². The molecule has 2 amide bonds. The fourth-order valence-corrected chi connectivity index (χ4v) is 3.14. The number of hydrogen-bond acceptors (Lipinski definition) is 5. The molecule has 1 saturated heterocycles. The van der Waals surface area contributed by atoms with Crippen molar-refractivity contribution in [1.29, 1.82) is 0 Å². The lowest BCUT2D eigenvalue weighted by Gasteiger charge is -2.23. The first-order chi connectivity index (χ1) is 12.0. The zero-order chi connectivity index (χ0) is 18.6. The van der Waals surface area contributed by atoms with Crippen LogP contribution in [0.1, 0.15) is 20.3 Å². The molecule has 1 aromatic rings. The van der Waals surface area contributed by atoms with Gasteiger partial charge < -0.3 is 24.0 Å². The summed E-state index contributed by atoms with van der Waals surface area (Å²) in [5.41, 5.74) is 0.634. The molecule has 1 atom stereocenters. The van der Waals surface area contributed by atoms with Crippen molar-refractivity contribution in [2.45, 2.75) is 20.3 Å². The monoisotopic (exact) mass is 350 g/mol. The zero-order valence-electron chi connectivity index (χ0n) is 15.5. The average Bonchev–Trinajstić information content (AvgIpc) is 3.02. The summed E-state index contributed by atoms with van der Waals surface area (Å²) in [5.74, 6) is 1.03. The first kappa shape index (κ1) is 18.9. The Morgan fingerprint density at radius 1 is 1.12 bits per heavy atom. The van der Waals surface area contributed by atoms with Crippen LogP contribution in [0.25, 0.3) is 0 Å². The average molecular weight is 350 g/mol. The van der Waals surface area contributed by atoms with E-state index in [0.717, 1.165) is 0 Å². The third kappa shape index (κ3) is 3.65. The first-order valence-electron chi connectivity index (χ1n) is 8.39. The number of methoxy groups -OCH3 is 3. The summed E-state index contributed by atoms with van der Waals surface area (Å²) < 4.78 is 16.0. The summed E-state index contributed by atoms with van der Waals surface area (Å²) in [7, 11) is 4.58. The van der Waals surface area contributed by atoms with E-state index in [4.69, 9.17) is 14.2 Å². The molecule has 2 rings (SSSR count). The highest BCUT2D eigenvalue weighted by molar-refractivity contribution is 6.00. The SMILES string of the molecule is CCN(CC)C(=O)[C@@H]1CC(=O)N(c2cc(OC)c(OC)c(OC)c2)C1. The molecule has 0 saturated carbocycles. The van der Waals surface area contributed by atoms with Crippen LogP contribution in [0.5, 0.6) is 17.2 Å². The maximum absolute atomic E-state index is 12.6. The second-order valence-electron chi connectivity index (χ2n) is 5.80. The van der Waals surface area contributed by atoms with Gasteiger partial charge in [-0.05, 0) is 13.8 Å². The lowest BCUT2D eigenvalue weighted by atomic mass is 10.1. The van der Waals surface area contributed by atoms with Crippen molar-refractivity contribution in [2.75, 3.05) is 45.9 Å². The van der Waals surface area contributed by atoms with Gasteiger partial charge in [0.05, 0.1) is 32.9 Å². The number of benzene rings is 1. The molecular formula is C18H26N2O5. The Hall–Kier alpha value is -2.44. The number of amides is 2. The molecule has 0 unspecified atom stereocenters. The van der Waals surface area contributed by atoms with Crippen LogP contribution in [0, 0.1) is 5.92 Å². The number of anilines is 1. The molecule has 138 valence electrons. The van der Waals surface area contributed by atoms with Crippen molar-refractivity contribution in [3.05, 3.63) is 12.1 Å². The highest BCUT2D eigenvalue weighted by Crippen LogP contribution is 2.42. The molecule has 25 heavy (non-hydrogen) atoms. The minimum absolute atomic E-state index is 0.0216. The van der Waals surface area contributed by atoms with Crippen LogP contribution >= 0.6 is 0 Å². The summed E-state index contributed by atoms with van der Waals surface area (Å²) in [5, 5.41) is 0. The van der Waals surface area contributed by atoms with Crippen molar-refractivity contribution in [2.24, 2.45) is 5.92 Å². The van der Waals surface area contributed by atoms with Crippen molar-refractivity contribution in [1.82, 2.24) is 4.90 Å². The predicted octanol–water partition coefficient (Wildman–Crippen LogP) is 1.93. The molecule has 0 aliphatic carbocycles. The van der Waals surface area contributed by atoms with Crippen LogP contribution in [-0.2, 0) is 9.59 Å². The molecule has 1 fully saturated rings. The molecule has 0 bridgehead atoms. The third-order valence-electron chi connectivity index (χ3n) is 4.51. The van der Waals surface area contributed by atoms with E-state index in [1.807, 2.05) is 13.8 Å². The topological polar surface area (TPSA) is 68.3 Å².